The number of nitrogens with zero attached hydrogens (tertiary/aromatic N) is 1. The maximum absolute atomic E-state index is 13.3. The molecule has 1 aliphatic carbocycles. The number of ether oxygens (including phenoxy) is 3. The highest BCUT2D eigenvalue weighted by atomic mass is 16.6. The SMILES string of the molecule is C=Cc1cc(C=O)c(-c2ccc(C(=O)NCC3CC3)nc2C(=O)OCC(C)OC(=O)[C@@H](C)C(C)C)cc1OC. The van der Waals surface area contributed by atoms with Crippen molar-refractivity contribution in [3.63, 3.8) is 0 Å². The van der Waals surface area contributed by atoms with Gasteiger partial charge in [-0.15, -0.1) is 0 Å². The van der Waals surface area contributed by atoms with Gasteiger partial charge in [0.2, 0.25) is 0 Å². The average Bonchev–Trinajstić information content (AvgIpc) is 3.77. The molecule has 0 spiro atoms. The average molecular weight is 537 g/mol. The standard InChI is InChI=1S/C30H36N2O7/c1-7-21-12-22(15-33)24(13-26(21)37-6)23-10-11-25(28(34)31-14-20-8-9-20)32-27(23)30(36)38-16-18(4)39-29(35)19(5)17(2)3/h7,10-13,15,17-20H,1,8-9,14,16H2,2-6H3,(H,31,34)/t18?,19-/m0/s1. The smallest absolute Gasteiger partial charge is 0.357 e. The van der Waals surface area contributed by atoms with Crippen molar-refractivity contribution in [2.75, 3.05) is 20.3 Å². The van der Waals surface area contributed by atoms with Gasteiger partial charge in [-0.3, -0.25) is 14.4 Å². The molecule has 208 valence electrons. The summed E-state index contributed by atoms with van der Waals surface area (Å²) >= 11 is 0. The fraction of sp³-hybridized carbons (Fsp3) is 0.433. The quantitative estimate of drug-likeness (QED) is 0.288. The molecule has 0 bridgehead atoms. The van der Waals surface area contributed by atoms with Crippen molar-refractivity contribution >= 4 is 30.2 Å². The number of benzene rings is 1. The molecule has 1 saturated carbocycles. The lowest BCUT2D eigenvalue weighted by molar-refractivity contribution is -0.156. The predicted octanol–water partition coefficient (Wildman–Crippen LogP) is 4.73. The molecule has 2 atom stereocenters. The Hall–Kier alpha value is -4.01. The molecular formula is C30H36N2O7. The molecule has 1 N–H and O–H groups in total. The van der Waals surface area contributed by atoms with E-state index in [2.05, 4.69) is 16.9 Å². The Morgan fingerprint density at radius 3 is 2.41 bits per heavy atom. The van der Waals surface area contributed by atoms with Crippen LogP contribution in [-0.4, -0.2) is 55.5 Å². The van der Waals surface area contributed by atoms with Crippen molar-refractivity contribution in [3.05, 3.63) is 53.4 Å². The number of aromatic nitrogens is 1. The summed E-state index contributed by atoms with van der Waals surface area (Å²) in [6.07, 6.45) is 3.65. The Morgan fingerprint density at radius 1 is 1.10 bits per heavy atom. The summed E-state index contributed by atoms with van der Waals surface area (Å²) in [6.45, 7) is 11.3. The summed E-state index contributed by atoms with van der Waals surface area (Å²) in [4.78, 5) is 54.7. The maximum atomic E-state index is 13.3. The van der Waals surface area contributed by atoms with Crippen LogP contribution in [0.3, 0.4) is 0 Å². The van der Waals surface area contributed by atoms with E-state index in [1.165, 1.54) is 13.2 Å². The Morgan fingerprint density at radius 2 is 1.82 bits per heavy atom. The Labute approximate surface area is 228 Å². The van der Waals surface area contributed by atoms with Crippen LogP contribution in [0, 0.1) is 17.8 Å². The molecule has 0 aliphatic heterocycles. The van der Waals surface area contributed by atoms with Crippen LogP contribution in [0.4, 0.5) is 0 Å². The summed E-state index contributed by atoms with van der Waals surface area (Å²) < 4.78 is 16.3. The molecule has 9 heteroatoms. The maximum Gasteiger partial charge on any atom is 0.357 e. The van der Waals surface area contributed by atoms with Crippen LogP contribution in [-0.2, 0) is 14.3 Å². The number of nitrogens with one attached hydrogen (secondary N) is 1. The first-order chi connectivity index (χ1) is 18.6. The molecule has 1 aromatic carbocycles. The van der Waals surface area contributed by atoms with Crippen molar-refractivity contribution in [2.45, 2.75) is 46.6 Å². The lowest BCUT2D eigenvalue weighted by atomic mass is 9.95. The van der Waals surface area contributed by atoms with Gasteiger partial charge in [0.1, 0.15) is 24.2 Å². The van der Waals surface area contributed by atoms with Gasteiger partial charge in [0, 0.05) is 23.2 Å². The number of esters is 2. The predicted molar refractivity (Wildman–Crippen MR) is 147 cm³/mol. The molecule has 1 aliphatic rings. The van der Waals surface area contributed by atoms with Crippen LogP contribution in [0.15, 0.2) is 30.8 Å². The molecule has 0 saturated heterocycles. The summed E-state index contributed by atoms with van der Waals surface area (Å²) in [6, 6.07) is 6.25. The van der Waals surface area contributed by atoms with E-state index in [1.807, 2.05) is 13.8 Å². The largest absolute Gasteiger partial charge is 0.496 e. The van der Waals surface area contributed by atoms with E-state index in [-0.39, 0.29) is 46.9 Å². The minimum Gasteiger partial charge on any atom is -0.496 e. The fourth-order valence-electron chi connectivity index (χ4n) is 3.76. The lowest BCUT2D eigenvalue weighted by Gasteiger charge is -2.19. The van der Waals surface area contributed by atoms with Crippen LogP contribution in [0.1, 0.15) is 77.4 Å². The van der Waals surface area contributed by atoms with E-state index in [0.29, 0.717) is 35.6 Å². The lowest BCUT2D eigenvalue weighted by Crippen LogP contribution is -2.28. The van der Waals surface area contributed by atoms with Crippen LogP contribution in [0.25, 0.3) is 17.2 Å². The van der Waals surface area contributed by atoms with E-state index >= 15 is 0 Å². The molecule has 1 unspecified atom stereocenters. The van der Waals surface area contributed by atoms with Gasteiger partial charge in [0.25, 0.3) is 5.91 Å². The third-order valence-corrected chi connectivity index (χ3v) is 6.75. The zero-order chi connectivity index (χ0) is 28.7. The minimum absolute atomic E-state index is 0.0407. The highest BCUT2D eigenvalue weighted by Crippen LogP contribution is 2.33. The number of aldehydes is 1. The van der Waals surface area contributed by atoms with Gasteiger partial charge in [0.15, 0.2) is 12.0 Å². The third-order valence-electron chi connectivity index (χ3n) is 6.75. The van der Waals surface area contributed by atoms with Gasteiger partial charge >= 0.3 is 11.9 Å². The van der Waals surface area contributed by atoms with E-state index < -0.39 is 18.0 Å². The van der Waals surface area contributed by atoms with Crippen LogP contribution < -0.4 is 10.1 Å². The molecule has 39 heavy (non-hydrogen) atoms. The molecule has 9 nitrogen and oxygen atoms in total. The monoisotopic (exact) mass is 536 g/mol. The van der Waals surface area contributed by atoms with Gasteiger partial charge in [0.05, 0.1) is 13.0 Å². The number of pyridine rings is 1. The molecule has 3 rings (SSSR count). The van der Waals surface area contributed by atoms with E-state index in [0.717, 1.165) is 12.8 Å². The molecular weight excluding hydrogens is 500 g/mol. The normalized spacial score (nSPS) is 14.2. The van der Waals surface area contributed by atoms with E-state index in [1.54, 1.807) is 38.1 Å². The van der Waals surface area contributed by atoms with Crippen molar-refractivity contribution in [1.29, 1.82) is 0 Å². The highest BCUT2D eigenvalue weighted by Gasteiger charge is 2.26. The van der Waals surface area contributed by atoms with Gasteiger partial charge in [-0.25, -0.2) is 9.78 Å². The van der Waals surface area contributed by atoms with Gasteiger partial charge in [-0.05, 0) is 61.4 Å². The Balaban J connectivity index is 1.93. The summed E-state index contributed by atoms with van der Waals surface area (Å²) in [5, 5.41) is 2.84. The first-order valence-corrected chi connectivity index (χ1v) is 13.1. The number of carbonyl (C=O) groups excluding carboxylic acids is 4. The second kappa shape index (κ2) is 13.2. The first kappa shape index (κ1) is 29.5. The van der Waals surface area contributed by atoms with Gasteiger partial charge in [-0.1, -0.05) is 33.4 Å². The summed E-state index contributed by atoms with van der Waals surface area (Å²) in [5.74, 6) is -0.927. The Kier molecular flexibility index (Phi) is 9.98. The summed E-state index contributed by atoms with van der Waals surface area (Å²) in [7, 11) is 1.48. The Bertz CT molecular complexity index is 1250. The molecule has 1 aromatic heterocycles. The number of carbonyl (C=O) groups is 4. The zero-order valence-corrected chi connectivity index (χ0v) is 23.1. The second-order valence-electron chi connectivity index (χ2n) is 10.1. The van der Waals surface area contributed by atoms with Crippen molar-refractivity contribution in [3.8, 4) is 16.9 Å². The van der Waals surface area contributed by atoms with Gasteiger partial charge in [-0.2, -0.15) is 0 Å². The van der Waals surface area contributed by atoms with Crippen LogP contribution >= 0.6 is 0 Å². The van der Waals surface area contributed by atoms with Crippen molar-refractivity contribution < 1.29 is 33.4 Å². The first-order valence-electron chi connectivity index (χ1n) is 13.1. The summed E-state index contributed by atoms with van der Waals surface area (Å²) in [5.41, 5.74) is 1.42. The number of hydrogen-bond donors (Lipinski definition) is 1. The fourth-order valence-corrected chi connectivity index (χ4v) is 3.76. The van der Waals surface area contributed by atoms with E-state index in [4.69, 9.17) is 14.2 Å². The zero-order valence-electron chi connectivity index (χ0n) is 23.1. The van der Waals surface area contributed by atoms with Crippen molar-refractivity contribution in [1.82, 2.24) is 10.3 Å². The number of methoxy groups -OCH3 is 1. The molecule has 1 amide bonds. The van der Waals surface area contributed by atoms with E-state index in [9.17, 15) is 19.2 Å². The topological polar surface area (TPSA) is 121 Å². The van der Waals surface area contributed by atoms with Crippen molar-refractivity contribution in [2.24, 2.45) is 17.8 Å². The molecule has 1 fully saturated rings. The van der Waals surface area contributed by atoms with Crippen LogP contribution in [0.2, 0.25) is 0 Å². The molecule has 0 radical (unpaired) electrons. The highest BCUT2D eigenvalue weighted by molar-refractivity contribution is 6.01. The second-order valence-corrected chi connectivity index (χ2v) is 10.1. The number of rotatable bonds is 13. The molecule has 1 heterocycles. The number of hydrogen-bond acceptors (Lipinski definition) is 8. The molecule has 2 aromatic rings. The minimum atomic E-state index is -0.828. The van der Waals surface area contributed by atoms with Crippen LogP contribution in [0.5, 0.6) is 5.75 Å². The third kappa shape index (κ3) is 7.52. The number of amides is 1. The van der Waals surface area contributed by atoms with Gasteiger partial charge < -0.3 is 19.5 Å².